The van der Waals surface area contributed by atoms with Gasteiger partial charge in [-0.25, -0.2) is 0 Å². The molecule has 1 aromatic carbocycles. The van der Waals surface area contributed by atoms with Crippen LogP contribution in [-0.4, -0.2) is 30.6 Å². The van der Waals surface area contributed by atoms with Gasteiger partial charge in [0.2, 0.25) is 0 Å². The van der Waals surface area contributed by atoms with E-state index in [9.17, 15) is 15.4 Å². The third-order valence-corrected chi connectivity index (χ3v) is 3.89. The molecule has 0 radical (unpaired) electrons. The highest BCUT2D eigenvalue weighted by molar-refractivity contribution is 5.63. The highest BCUT2D eigenvalue weighted by atomic mass is 16.6. The van der Waals surface area contributed by atoms with Crippen molar-refractivity contribution in [3.8, 4) is 6.07 Å². The number of rotatable bonds is 5. The lowest BCUT2D eigenvalue weighted by atomic mass is 10.0. The van der Waals surface area contributed by atoms with Crippen molar-refractivity contribution in [3.05, 3.63) is 33.9 Å². The van der Waals surface area contributed by atoms with Crippen LogP contribution < -0.4 is 10.2 Å². The van der Waals surface area contributed by atoms with Crippen molar-refractivity contribution < 1.29 is 4.92 Å². The van der Waals surface area contributed by atoms with Crippen LogP contribution in [-0.2, 0) is 0 Å². The molecule has 1 aliphatic rings. The Bertz CT molecular complexity index is 547. The molecule has 1 saturated heterocycles. The van der Waals surface area contributed by atoms with Gasteiger partial charge in [-0.15, -0.1) is 0 Å². The van der Waals surface area contributed by atoms with Crippen molar-refractivity contribution in [2.45, 2.75) is 32.2 Å². The minimum atomic E-state index is -0.469. The molecule has 112 valence electrons. The number of nitro groups is 1. The molecular formula is C15H20N4O2. The van der Waals surface area contributed by atoms with Crippen LogP contribution in [0.3, 0.4) is 0 Å². The quantitative estimate of drug-likeness (QED) is 0.664. The Labute approximate surface area is 124 Å². The molecule has 1 aromatic rings. The van der Waals surface area contributed by atoms with E-state index in [0.717, 1.165) is 31.7 Å². The fraction of sp³-hybridized carbons (Fsp3) is 0.533. The van der Waals surface area contributed by atoms with Gasteiger partial charge in [0.25, 0.3) is 5.69 Å². The van der Waals surface area contributed by atoms with Crippen LogP contribution in [0, 0.1) is 21.4 Å². The first kappa shape index (κ1) is 15.3. The van der Waals surface area contributed by atoms with E-state index >= 15 is 0 Å². The second kappa shape index (κ2) is 7.04. The molecule has 6 heteroatoms. The number of nitrogens with one attached hydrogen (secondary N) is 1. The summed E-state index contributed by atoms with van der Waals surface area (Å²) in [6.07, 6.45) is 3.57. The Morgan fingerprint density at radius 2 is 2.33 bits per heavy atom. The molecule has 1 atom stereocenters. The summed E-state index contributed by atoms with van der Waals surface area (Å²) in [6, 6.07) is 7.00. The number of piperidine rings is 1. The van der Waals surface area contributed by atoms with Gasteiger partial charge in [-0.3, -0.25) is 10.1 Å². The van der Waals surface area contributed by atoms with Gasteiger partial charge >= 0.3 is 0 Å². The first-order chi connectivity index (χ1) is 10.2. The number of hydrogen-bond acceptors (Lipinski definition) is 5. The summed E-state index contributed by atoms with van der Waals surface area (Å²) in [5, 5.41) is 23.6. The summed E-state index contributed by atoms with van der Waals surface area (Å²) < 4.78 is 0. The monoisotopic (exact) mass is 288 g/mol. The van der Waals surface area contributed by atoms with Gasteiger partial charge in [0.1, 0.15) is 6.07 Å². The molecule has 2 rings (SSSR count). The molecule has 1 unspecified atom stereocenters. The minimum Gasteiger partial charge on any atom is -0.369 e. The standard InChI is InChI=1S/C15H20N4O2/c1-2-18(11-13-5-3-4-8-17-13)15-7-6-14(19(20)21)9-12(15)10-16/h6-7,9,13,17H,2-5,8,11H2,1H3. The Morgan fingerprint density at radius 3 is 2.90 bits per heavy atom. The zero-order chi connectivity index (χ0) is 15.2. The van der Waals surface area contributed by atoms with E-state index in [1.54, 1.807) is 6.07 Å². The Balaban J connectivity index is 2.20. The van der Waals surface area contributed by atoms with Crippen LogP contribution >= 0.6 is 0 Å². The number of anilines is 1. The second-order valence-corrected chi connectivity index (χ2v) is 5.26. The largest absolute Gasteiger partial charge is 0.369 e. The maximum Gasteiger partial charge on any atom is 0.270 e. The van der Waals surface area contributed by atoms with Crippen LogP contribution in [0.15, 0.2) is 18.2 Å². The molecule has 0 aliphatic carbocycles. The third kappa shape index (κ3) is 3.70. The molecule has 1 heterocycles. The van der Waals surface area contributed by atoms with Crippen molar-refractivity contribution in [2.75, 3.05) is 24.5 Å². The summed E-state index contributed by atoms with van der Waals surface area (Å²) in [5.41, 5.74) is 1.10. The molecule has 0 spiro atoms. The molecule has 0 aromatic heterocycles. The van der Waals surface area contributed by atoms with E-state index in [2.05, 4.69) is 16.3 Å². The lowest BCUT2D eigenvalue weighted by Crippen LogP contribution is -2.44. The number of nitriles is 1. The number of hydrogen-bond donors (Lipinski definition) is 1. The molecule has 0 saturated carbocycles. The lowest BCUT2D eigenvalue weighted by molar-refractivity contribution is -0.384. The van der Waals surface area contributed by atoms with Crippen LogP contribution in [0.25, 0.3) is 0 Å². The number of benzene rings is 1. The number of likely N-dealkylation sites (N-methyl/N-ethyl adjacent to an activating group) is 1. The second-order valence-electron chi connectivity index (χ2n) is 5.26. The van der Waals surface area contributed by atoms with Crippen molar-refractivity contribution in [1.82, 2.24) is 5.32 Å². The molecule has 1 fully saturated rings. The van der Waals surface area contributed by atoms with Gasteiger partial charge in [-0.2, -0.15) is 5.26 Å². The first-order valence-corrected chi connectivity index (χ1v) is 7.32. The highest BCUT2D eigenvalue weighted by Gasteiger charge is 2.19. The third-order valence-electron chi connectivity index (χ3n) is 3.89. The van der Waals surface area contributed by atoms with Crippen molar-refractivity contribution in [3.63, 3.8) is 0 Å². The number of nitrogens with zero attached hydrogens (tertiary/aromatic N) is 3. The van der Waals surface area contributed by atoms with Crippen LogP contribution in [0.4, 0.5) is 11.4 Å². The first-order valence-electron chi connectivity index (χ1n) is 7.32. The molecule has 0 bridgehead atoms. The molecule has 6 nitrogen and oxygen atoms in total. The normalized spacial score (nSPS) is 18.0. The maximum absolute atomic E-state index is 10.8. The van der Waals surface area contributed by atoms with Gasteiger partial charge in [0.05, 0.1) is 16.2 Å². The summed E-state index contributed by atoms with van der Waals surface area (Å²) >= 11 is 0. The number of non-ortho nitro benzene ring substituents is 1. The van der Waals surface area contributed by atoms with Crippen LogP contribution in [0.2, 0.25) is 0 Å². The average Bonchev–Trinajstić information content (AvgIpc) is 2.53. The van der Waals surface area contributed by atoms with Crippen molar-refractivity contribution in [2.24, 2.45) is 0 Å². The van der Waals surface area contributed by atoms with Crippen molar-refractivity contribution in [1.29, 1.82) is 5.26 Å². The molecular weight excluding hydrogens is 268 g/mol. The van der Waals surface area contributed by atoms with E-state index in [4.69, 9.17) is 0 Å². The topological polar surface area (TPSA) is 82.2 Å². The van der Waals surface area contributed by atoms with Gasteiger partial charge in [0, 0.05) is 31.3 Å². The minimum absolute atomic E-state index is 0.0397. The van der Waals surface area contributed by atoms with E-state index < -0.39 is 4.92 Å². The average molecular weight is 288 g/mol. The van der Waals surface area contributed by atoms with E-state index in [0.29, 0.717) is 11.6 Å². The Hall–Kier alpha value is -2.13. The van der Waals surface area contributed by atoms with E-state index in [1.165, 1.54) is 25.0 Å². The Kier molecular flexibility index (Phi) is 5.12. The highest BCUT2D eigenvalue weighted by Crippen LogP contribution is 2.25. The van der Waals surface area contributed by atoms with Gasteiger partial charge in [0.15, 0.2) is 0 Å². The summed E-state index contributed by atoms with van der Waals surface area (Å²) in [5.74, 6) is 0. The lowest BCUT2D eigenvalue weighted by Gasteiger charge is -2.31. The van der Waals surface area contributed by atoms with Crippen LogP contribution in [0.5, 0.6) is 0 Å². The summed E-state index contributed by atoms with van der Waals surface area (Å²) in [7, 11) is 0. The zero-order valence-electron chi connectivity index (χ0n) is 12.2. The fourth-order valence-corrected chi connectivity index (χ4v) is 2.75. The molecule has 1 aliphatic heterocycles. The number of nitro benzene ring substituents is 1. The zero-order valence-corrected chi connectivity index (χ0v) is 12.2. The molecule has 0 amide bonds. The van der Waals surface area contributed by atoms with E-state index in [-0.39, 0.29) is 5.69 Å². The van der Waals surface area contributed by atoms with Crippen molar-refractivity contribution >= 4 is 11.4 Å². The molecule has 21 heavy (non-hydrogen) atoms. The summed E-state index contributed by atoms with van der Waals surface area (Å²) in [4.78, 5) is 12.5. The predicted octanol–water partition coefficient (Wildman–Crippen LogP) is 2.43. The summed E-state index contributed by atoms with van der Waals surface area (Å²) in [6.45, 7) is 4.66. The van der Waals surface area contributed by atoms with Crippen LogP contribution in [0.1, 0.15) is 31.7 Å². The van der Waals surface area contributed by atoms with E-state index in [1.807, 2.05) is 6.92 Å². The molecule has 1 N–H and O–H groups in total. The maximum atomic E-state index is 10.8. The fourth-order valence-electron chi connectivity index (χ4n) is 2.75. The van der Waals surface area contributed by atoms with Gasteiger partial charge < -0.3 is 10.2 Å². The van der Waals surface area contributed by atoms with Gasteiger partial charge in [-0.05, 0) is 32.4 Å². The Morgan fingerprint density at radius 1 is 1.52 bits per heavy atom. The SMILES string of the molecule is CCN(CC1CCCCN1)c1ccc([N+](=O)[O-])cc1C#N. The predicted molar refractivity (Wildman–Crippen MR) is 81.3 cm³/mol. The smallest absolute Gasteiger partial charge is 0.270 e. The van der Waals surface area contributed by atoms with Gasteiger partial charge in [-0.1, -0.05) is 6.42 Å².